The molecule has 2 heterocycles. The third-order valence-electron chi connectivity index (χ3n) is 4.98. The Morgan fingerprint density at radius 2 is 2.07 bits per heavy atom. The van der Waals surface area contributed by atoms with Crippen molar-refractivity contribution in [3.63, 3.8) is 0 Å². The van der Waals surface area contributed by atoms with Crippen molar-refractivity contribution in [3.05, 3.63) is 67.5 Å². The Labute approximate surface area is 170 Å². The molecule has 144 valence electrons. The highest BCUT2D eigenvalue weighted by atomic mass is 79.9. The average Bonchev–Trinajstić information content (AvgIpc) is 3.09. The van der Waals surface area contributed by atoms with Gasteiger partial charge in [-0.15, -0.1) is 11.3 Å². The number of rotatable bonds is 6. The van der Waals surface area contributed by atoms with Crippen molar-refractivity contribution in [2.75, 3.05) is 0 Å². The molecule has 2 aromatic heterocycles. The molecular formula is C21H23BrFNO2S. The third kappa shape index (κ3) is 4.18. The summed E-state index contributed by atoms with van der Waals surface area (Å²) < 4.78 is 16.9. The lowest BCUT2D eigenvalue weighted by atomic mass is 9.77. The molecule has 1 N–H and O–H groups in total. The molecule has 0 fully saturated rings. The molecule has 1 atom stereocenters. The van der Waals surface area contributed by atoms with Gasteiger partial charge >= 0.3 is 0 Å². The zero-order valence-electron chi connectivity index (χ0n) is 15.6. The molecule has 3 nitrogen and oxygen atoms in total. The van der Waals surface area contributed by atoms with Crippen molar-refractivity contribution in [1.82, 2.24) is 4.57 Å². The molecule has 0 aliphatic rings. The van der Waals surface area contributed by atoms with Crippen LogP contribution in [0.4, 0.5) is 4.39 Å². The molecule has 0 aliphatic heterocycles. The van der Waals surface area contributed by atoms with E-state index in [9.17, 15) is 14.3 Å². The average molecular weight is 452 g/mol. The fourth-order valence-electron chi connectivity index (χ4n) is 3.70. The molecule has 3 rings (SSSR count). The molecule has 0 bridgehead atoms. The van der Waals surface area contributed by atoms with Crippen LogP contribution >= 0.6 is 27.3 Å². The van der Waals surface area contributed by atoms with Crippen LogP contribution in [-0.2, 0) is 18.4 Å². The molecule has 0 radical (unpaired) electrons. The van der Waals surface area contributed by atoms with E-state index < -0.39 is 6.10 Å². The van der Waals surface area contributed by atoms with Crippen molar-refractivity contribution in [2.24, 2.45) is 0 Å². The van der Waals surface area contributed by atoms with Crippen LogP contribution in [0.25, 0.3) is 10.2 Å². The van der Waals surface area contributed by atoms with Gasteiger partial charge in [-0.3, -0.25) is 4.79 Å². The summed E-state index contributed by atoms with van der Waals surface area (Å²) in [4.78, 5) is 12.2. The first-order chi connectivity index (χ1) is 12.7. The maximum Gasteiger partial charge on any atom is 0.213 e. The summed E-state index contributed by atoms with van der Waals surface area (Å²) in [6, 6.07) is 6.79. The van der Waals surface area contributed by atoms with Crippen LogP contribution in [-0.4, -0.2) is 15.8 Å². The van der Waals surface area contributed by atoms with E-state index in [-0.39, 0.29) is 16.7 Å². The fraction of sp³-hybridized carbons (Fsp3) is 0.381. The van der Waals surface area contributed by atoms with E-state index in [2.05, 4.69) is 22.9 Å². The Kier molecular flexibility index (Phi) is 5.89. The van der Waals surface area contributed by atoms with Crippen molar-refractivity contribution < 1.29 is 9.50 Å². The van der Waals surface area contributed by atoms with Crippen LogP contribution in [0, 0.1) is 5.82 Å². The quantitative estimate of drug-likeness (QED) is 0.555. The van der Waals surface area contributed by atoms with Crippen molar-refractivity contribution in [2.45, 2.75) is 51.7 Å². The van der Waals surface area contributed by atoms with Crippen LogP contribution in [0.2, 0.25) is 0 Å². The van der Waals surface area contributed by atoms with Gasteiger partial charge in [0.25, 0.3) is 0 Å². The maximum atomic E-state index is 13.8. The van der Waals surface area contributed by atoms with E-state index in [1.807, 2.05) is 35.9 Å². The fourth-order valence-corrected chi connectivity index (χ4v) is 5.13. The lowest BCUT2D eigenvalue weighted by Gasteiger charge is -2.30. The summed E-state index contributed by atoms with van der Waals surface area (Å²) >= 11 is 4.72. The van der Waals surface area contributed by atoms with Crippen LogP contribution < -0.4 is 5.43 Å². The van der Waals surface area contributed by atoms with Crippen molar-refractivity contribution >= 4 is 37.5 Å². The summed E-state index contributed by atoms with van der Waals surface area (Å²) in [6.07, 6.45) is 2.40. The Balaban J connectivity index is 1.87. The van der Waals surface area contributed by atoms with E-state index in [1.165, 1.54) is 17.4 Å². The number of pyridine rings is 1. The van der Waals surface area contributed by atoms with Gasteiger partial charge in [0.05, 0.1) is 20.8 Å². The van der Waals surface area contributed by atoms with Crippen molar-refractivity contribution in [1.29, 1.82) is 0 Å². The van der Waals surface area contributed by atoms with E-state index in [1.54, 1.807) is 12.3 Å². The maximum absolute atomic E-state index is 13.8. The van der Waals surface area contributed by atoms with E-state index >= 15 is 0 Å². The SMILES string of the molecule is CCc1ccc(F)cc1C(C)(C)CC(O)Cn1cc(Br)c(=O)c2sccc21. The summed E-state index contributed by atoms with van der Waals surface area (Å²) in [5.41, 5.74) is 2.45. The highest BCUT2D eigenvalue weighted by Crippen LogP contribution is 2.33. The second-order valence-corrected chi connectivity index (χ2v) is 9.26. The third-order valence-corrected chi connectivity index (χ3v) is 6.45. The number of hydrogen-bond donors (Lipinski definition) is 1. The number of fused-ring (bicyclic) bond motifs is 1. The minimum atomic E-state index is -0.634. The second kappa shape index (κ2) is 7.86. The molecule has 6 heteroatoms. The van der Waals surface area contributed by atoms with Gasteiger partial charge in [-0.2, -0.15) is 0 Å². The Morgan fingerprint density at radius 1 is 1.33 bits per heavy atom. The lowest BCUT2D eigenvalue weighted by molar-refractivity contribution is 0.121. The standard InChI is InChI=1S/C21H23BrFNO2S/c1-4-13-5-6-14(23)9-16(13)21(2,3)10-15(25)11-24-12-17(22)19(26)20-18(24)7-8-27-20/h5-9,12,15,25H,4,10-11H2,1-3H3. The van der Waals surface area contributed by atoms with Crippen LogP contribution in [0.15, 0.2) is 45.1 Å². The zero-order valence-corrected chi connectivity index (χ0v) is 18.0. The van der Waals surface area contributed by atoms with Gasteiger partial charge < -0.3 is 9.67 Å². The van der Waals surface area contributed by atoms with E-state index in [0.717, 1.165) is 23.1 Å². The minimum Gasteiger partial charge on any atom is -0.391 e. The summed E-state index contributed by atoms with van der Waals surface area (Å²) in [7, 11) is 0. The molecule has 0 saturated carbocycles. The number of aryl methyl sites for hydroxylation is 1. The second-order valence-electron chi connectivity index (χ2n) is 7.49. The van der Waals surface area contributed by atoms with Crippen LogP contribution in [0.1, 0.15) is 38.3 Å². The van der Waals surface area contributed by atoms with E-state index in [0.29, 0.717) is 22.1 Å². The first-order valence-electron chi connectivity index (χ1n) is 8.96. The Hall–Kier alpha value is -1.50. The lowest BCUT2D eigenvalue weighted by Crippen LogP contribution is -2.29. The topological polar surface area (TPSA) is 42.2 Å². The Bertz CT molecular complexity index is 1020. The molecule has 1 aromatic carbocycles. The van der Waals surface area contributed by atoms with Gasteiger partial charge in [-0.1, -0.05) is 26.8 Å². The molecule has 0 aliphatic carbocycles. The van der Waals surface area contributed by atoms with Gasteiger partial charge in [0.1, 0.15) is 5.82 Å². The number of aliphatic hydroxyl groups excluding tert-OH is 1. The molecule has 0 saturated heterocycles. The first kappa shape index (κ1) is 20.2. The molecule has 0 amide bonds. The summed E-state index contributed by atoms with van der Waals surface area (Å²) in [5, 5.41) is 12.7. The zero-order chi connectivity index (χ0) is 19.8. The van der Waals surface area contributed by atoms with Gasteiger partial charge in [0, 0.05) is 12.7 Å². The number of hydrogen-bond acceptors (Lipinski definition) is 3. The molecular weight excluding hydrogens is 429 g/mol. The monoisotopic (exact) mass is 451 g/mol. The first-order valence-corrected chi connectivity index (χ1v) is 10.6. The number of aromatic nitrogens is 1. The predicted octanol–water partition coefficient (Wildman–Crippen LogP) is 5.26. The van der Waals surface area contributed by atoms with Gasteiger partial charge in [-0.05, 0) is 68.9 Å². The largest absolute Gasteiger partial charge is 0.391 e. The Morgan fingerprint density at radius 3 is 2.78 bits per heavy atom. The normalized spacial score (nSPS) is 13.3. The van der Waals surface area contributed by atoms with E-state index in [4.69, 9.17) is 0 Å². The molecule has 3 aromatic rings. The smallest absolute Gasteiger partial charge is 0.213 e. The summed E-state index contributed by atoms with van der Waals surface area (Å²) in [5.74, 6) is -0.255. The number of halogens is 2. The molecule has 0 spiro atoms. The van der Waals surface area contributed by atoms with Gasteiger partial charge in [0.15, 0.2) is 0 Å². The number of thiophene rings is 1. The number of aliphatic hydroxyl groups is 1. The highest BCUT2D eigenvalue weighted by Gasteiger charge is 2.27. The highest BCUT2D eigenvalue weighted by molar-refractivity contribution is 9.10. The van der Waals surface area contributed by atoms with Gasteiger partial charge in [-0.25, -0.2) is 4.39 Å². The number of nitrogens with zero attached hydrogens (tertiary/aromatic N) is 1. The molecule has 1 unspecified atom stereocenters. The van der Waals surface area contributed by atoms with Crippen molar-refractivity contribution in [3.8, 4) is 0 Å². The van der Waals surface area contributed by atoms with Crippen LogP contribution in [0.5, 0.6) is 0 Å². The predicted molar refractivity (Wildman–Crippen MR) is 113 cm³/mol. The summed E-state index contributed by atoms with van der Waals surface area (Å²) in [6.45, 7) is 6.48. The minimum absolute atomic E-state index is 0.0292. The number of benzene rings is 1. The molecule has 27 heavy (non-hydrogen) atoms. The van der Waals surface area contributed by atoms with Gasteiger partial charge in [0.2, 0.25) is 5.43 Å². The van der Waals surface area contributed by atoms with Crippen LogP contribution in [0.3, 0.4) is 0 Å².